The molecule has 3 heterocycles. The van der Waals surface area contributed by atoms with Crippen molar-refractivity contribution in [3.05, 3.63) is 65.6 Å². The molecule has 1 N–H and O–H groups in total. The van der Waals surface area contributed by atoms with Crippen LogP contribution < -0.4 is 10.3 Å². The van der Waals surface area contributed by atoms with Gasteiger partial charge in [-0.15, -0.1) is 0 Å². The zero-order chi connectivity index (χ0) is 25.4. The molecule has 186 valence electrons. The predicted molar refractivity (Wildman–Crippen MR) is 115 cm³/mol. The van der Waals surface area contributed by atoms with Gasteiger partial charge in [0.2, 0.25) is 0 Å². The molecule has 0 fully saturated rings. The Labute approximate surface area is 195 Å². The average molecular weight is 516 g/mol. The van der Waals surface area contributed by atoms with Crippen molar-refractivity contribution < 1.29 is 35.2 Å². The highest BCUT2D eigenvalue weighted by Gasteiger charge is 2.50. The summed E-state index contributed by atoms with van der Waals surface area (Å²) in [7, 11) is -5.50. The van der Waals surface area contributed by atoms with Crippen LogP contribution in [-0.4, -0.2) is 53.0 Å². The smallest absolute Gasteiger partial charge is 0.347 e. The number of carbonyl (C=O) groups is 1. The van der Waals surface area contributed by atoms with Gasteiger partial charge in [0.25, 0.3) is 12.3 Å². The van der Waals surface area contributed by atoms with Crippen LogP contribution >= 0.6 is 0 Å². The van der Waals surface area contributed by atoms with Gasteiger partial charge in [0, 0.05) is 12.7 Å². The number of hydrogen-bond donors (Lipinski definition) is 1. The number of imidazole rings is 1. The minimum absolute atomic E-state index is 0.00271. The fourth-order valence-corrected chi connectivity index (χ4v) is 4.14. The lowest BCUT2D eigenvalue weighted by Gasteiger charge is -2.29. The van der Waals surface area contributed by atoms with Crippen molar-refractivity contribution >= 4 is 33.6 Å². The molecule has 0 radical (unpaired) electrons. The quantitative estimate of drug-likeness (QED) is 0.508. The number of benzene rings is 1. The van der Waals surface area contributed by atoms with Gasteiger partial charge in [0.05, 0.1) is 18.8 Å². The van der Waals surface area contributed by atoms with Gasteiger partial charge in [-0.1, -0.05) is 18.2 Å². The van der Waals surface area contributed by atoms with Crippen LogP contribution in [0.2, 0.25) is 0 Å². The van der Waals surface area contributed by atoms with Gasteiger partial charge in [0.15, 0.2) is 0 Å². The number of anilines is 1. The second-order valence-corrected chi connectivity index (χ2v) is 9.22. The summed E-state index contributed by atoms with van der Waals surface area (Å²) < 4.78 is 89.1. The van der Waals surface area contributed by atoms with E-state index >= 15 is 0 Å². The number of rotatable bonds is 6. The monoisotopic (exact) mass is 516 g/mol. The molecule has 0 bridgehead atoms. The Morgan fingerprint density at radius 2 is 1.80 bits per heavy atom. The molecule has 15 heteroatoms. The van der Waals surface area contributed by atoms with Gasteiger partial charge in [-0.2, -0.15) is 26.7 Å². The van der Waals surface area contributed by atoms with Crippen LogP contribution in [0.25, 0.3) is 5.65 Å². The molecule has 0 spiro atoms. The van der Waals surface area contributed by atoms with Crippen molar-refractivity contribution in [1.29, 1.82) is 0 Å². The Kier molecular flexibility index (Phi) is 6.36. The first-order chi connectivity index (χ1) is 16.5. The normalized spacial score (nSPS) is 14.7. The number of carbonyl (C=O) groups excluding carboxylic acids is 1. The number of hydrogen-bond acceptors (Lipinski definition) is 6. The zero-order valence-electron chi connectivity index (χ0n) is 17.7. The fourth-order valence-electron chi connectivity index (χ4n) is 3.38. The molecular formula is C20H17F5N6O3S. The molecule has 35 heavy (non-hydrogen) atoms. The van der Waals surface area contributed by atoms with Crippen LogP contribution in [0.4, 0.5) is 27.6 Å². The maximum Gasteiger partial charge on any atom is 0.516 e. The lowest BCUT2D eigenvalue weighted by molar-refractivity contribution is -0.0471. The van der Waals surface area contributed by atoms with E-state index in [0.717, 1.165) is 0 Å². The highest BCUT2D eigenvalue weighted by molar-refractivity contribution is 7.90. The van der Waals surface area contributed by atoms with Crippen molar-refractivity contribution in [1.82, 2.24) is 19.0 Å². The van der Waals surface area contributed by atoms with E-state index in [4.69, 9.17) is 0 Å². The van der Waals surface area contributed by atoms with Crippen molar-refractivity contribution in [3.8, 4) is 0 Å². The number of nitrogens with zero attached hydrogens (tertiary/aromatic N) is 5. The summed E-state index contributed by atoms with van der Waals surface area (Å²) in [4.78, 5) is 16.5. The highest BCUT2D eigenvalue weighted by Crippen LogP contribution is 2.28. The zero-order valence-corrected chi connectivity index (χ0v) is 18.5. The van der Waals surface area contributed by atoms with E-state index < -0.39 is 40.1 Å². The molecule has 9 nitrogen and oxygen atoms in total. The molecular weight excluding hydrogens is 499 g/mol. The molecule has 1 aliphatic heterocycles. The van der Waals surface area contributed by atoms with Crippen LogP contribution in [0.15, 0.2) is 53.8 Å². The van der Waals surface area contributed by atoms with Crippen LogP contribution in [0.1, 0.15) is 28.2 Å². The van der Waals surface area contributed by atoms with E-state index in [-0.39, 0.29) is 28.7 Å². The van der Waals surface area contributed by atoms with Gasteiger partial charge in [-0.25, -0.2) is 18.1 Å². The van der Waals surface area contributed by atoms with Gasteiger partial charge in [0.1, 0.15) is 23.4 Å². The lowest BCUT2D eigenvalue weighted by Crippen LogP contribution is -2.46. The molecule has 0 aliphatic carbocycles. The molecule has 0 saturated carbocycles. The van der Waals surface area contributed by atoms with Crippen molar-refractivity contribution in [3.63, 3.8) is 0 Å². The third-order valence-corrected chi connectivity index (χ3v) is 6.60. The van der Waals surface area contributed by atoms with E-state index in [1.807, 2.05) is 0 Å². The molecule has 0 saturated heterocycles. The Bertz CT molecular complexity index is 1370. The van der Waals surface area contributed by atoms with E-state index in [0.29, 0.717) is 17.6 Å². The molecule has 2 aromatic heterocycles. The Morgan fingerprint density at radius 1 is 1.09 bits per heavy atom. The molecule has 0 atom stereocenters. The third-order valence-electron chi connectivity index (χ3n) is 5.12. The van der Waals surface area contributed by atoms with E-state index in [9.17, 15) is 35.2 Å². The van der Waals surface area contributed by atoms with Crippen LogP contribution in [0, 0.1) is 0 Å². The van der Waals surface area contributed by atoms with Crippen molar-refractivity contribution in [2.24, 2.45) is 5.10 Å². The molecule has 3 aromatic rings. The summed E-state index contributed by atoms with van der Waals surface area (Å²) in [6, 6.07) is 11.1. The summed E-state index contributed by atoms with van der Waals surface area (Å²) >= 11 is 0. The summed E-state index contributed by atoms with van der Waals surface area (Å²) in [5.41, 5.74) is -5.03. The van der Waals surface area contributed by atoms with E-state index in [2.05, 4.69) is 15.4 Å². The standard InChI is InChI=1S/C20H17F5N6O3S/c21-18(22)16-17(30-8-2-1-3-15(30)28-16)19(32)26-11-13-4-6-14(7-5-13)31-10-9-29(12-27-31)35(33,34)20(23,24)25/h1-8,12,18H,9-11H2,(H,26,32). The SMILES string of the molecule is O=C(NCc1ccc(N2CCN(S(=O)(=O)C(F)(F)F)C=N2)cc1)c1c(C(F)F)nc2ccccn12. The minimum Gasteiger partial charge on any atom is -0.347 e. The summed E-state index contributed by atoms with van der Waals surface area (Å²) in [5, 5.41) is 7.64. The maximum absolute atomic E-state index is 13.4. The number of sulfonamides is 1. The third kappa shape index (κ3) is 4.76. The van der Waals surface area contributed by atoms with E-state index in [1.165, 1.54) is 21.7 Å². The summed E-state index contributed by atoms with van der Waals surface area (Å²) in [6.07, 6.45) is -0.892. The van der Waals surface area contributed by atoms with Crippen LogP contribution in [-0.2, 0) is 16.6 Å². The number of hydrazone groups is 1. The number of amides is 1. The highest BCUT2D eigenvalue weighted by atomic mass is 32.2. The summed E-state index contributed by atoms with van der Waals surface area (Å²) in [6.45, 7) is -0.565. The largest absolute Gasteiger partial charge is 0.516 e. The number of nitrogens with one attached hydrogen (secondary N) is 1. The summed E-state index contributed by atoms with van der Waals surface area (Å²) in [5.74, 6) is -0.741. The molecule has 1 amide bonds. The number of pyridine rings is 1. The number of aromatic nitrogens is 2. The maximum atomic E-state index is 13.4. The van der Waals surface area contributed by atoms with Crippen LogP contribution in [0.3, 0.4) is 0 Å². The number of fused-ring (bicyclic) bond motifs is 1. The topological polar surface area (TPSA) is 99.4 Å². The van der Waals surface area contributed by atoms with Gasteiger partial charge >= 0.3 is 15.5 Å². The fraction of sp³-hybridized carbons (Fsp3) is 0.250. The molecule has 0 unspecified atom stereocenters. The average Bonchev–Trinajstić information content (AvgIpc) is 3.22. The number of halogens is 5. The molecule has 1 aliphatic rings. The second-order valence-electron chi connectivity index (χ2n) is 7.34. The van der Waals surface area contributed by atoms with Gasteiger partial charge in [-0.3, -0.25) is 14.2 Å². The second kappa shape index (κ2) is 9.13. The first-order valence-corrected chi connectivity index (χ1v) is 11.4. The van der Waals surface area contributed by atoms with Gasteiger partial charge < -0.3 is 5.32 Å². The lowest BCUT2D eigenvalue weighted by atomic mass is 10.2. The molecule has 4 rings (SSSR count). The first-order valence-electron chi connectivity index (χ1n) is 10.0. The van der Waals surface area contributed by atoms with Crippen molar-refractivity contribution in [2.45, 2.75) is 18.5 Å². The van der Waals surface area contributed by atoms with Crippen molar-refractivity contribution in [2.75, 3.05) is 18.1 Å². The van der Waals surface area contributed by atoms with E-state index in [1.54, 1.807) is 36.4 Å². The minimum atomic E-state index is -5.50. The van der Waals surface area contributed by atoms with Gasteiger partial charge in [-0.05, 0) is 29.8 Å². The van der Waals surface area contributed by atoms with Crippen LogP contribution in [0.5, 0.6) is 0 Å². The molecule has 1 aromatic carbocycles. The Morgan fingerprint density at radius 3 is 2.40 bits per heavy atom. The number of alkyl halides is 5. The Balaban J connectivity index is 1.42. The first kappa shape index (κ1) is 24.4. The predicted octanol–water partition coefficient (Wildman–Crippen LogP) is 3.12. The Hall–Kier alpha value is -3.75.